The number of rotatable bonds is 3. The van der Waals surface area contributed by atoms with E-state index < -0.39 is 17.9 Å². The number of phenols is 1. The van der Waals surface area contributed by atoms with Crippen molar-refractivity contribution in [2.45, 2.75) is 25.8 Å². The fraction of sp³-hybridized carbons (Fsp3) is 0.467. The van der Waals surface area contributed by atoms with E-state index in [0.29, 0.717) is 18.7 Å². The van der Waals surface area contributed by atoms with Crippen LogP contribution in [0.15, 0.2) is 18.2 Å². The highest BCUT2D eigenvalue weighted by Gasteiger charge is 2.36. The molecule has 0 aliphatic carbocycles. The Morgan fingerprint density at radius 2 is 2.10 bits per heavy atom. The number of benzene rings is 1. The van der Waals surface area contributed by atoms with E-state index in [1.54, 1.807) is 6.07 Å². The van der Waals surface area contributed by atoms with Gasteiger partial charge >= 0.3 is 5.97 Å². The minimum atomic E-state index is -1.02. The number of phenolic OH excluding ortho intramolecular Hbond substituents is 1. The van der Waals surface area contributed by atoms with Gasteiger partial charge in [0.1, 0.15) is 17.5 Å². The topological polar surface area (TPSA) is 87.1 Å². The number of nitrogens with zero attached hydrogens (tertiary/aromatic N) is 1. The Morgan fingerprint density at radius 1 is 1.38 bits per heavy atom. The van der Waals surface area contributed by atoms with Crippen LogP contribution in [0.1, 0.15) is 30.1 Å². The third kappa shape index (κ3) is 3.09. The van der Waals surface area contributed by atoms with E-state index in [1.807, 2.05) is 6.92 Å². The zero-order chi connectivity index (χ0) is 15.6. The SMILES string of the molecule is COc1ccc(O)c(C(=O)N2CCC(C)CC2C(=O)O)c1. The lowest BCUT2D eigenvalue weighted by molar-refractivity contribution is -0.144. The van der Waals surface area contributed by atoms with Gasteiger partial charge in [0.2, 0.25) is 0 Å². The third-order valence-corrected chi connectivity index (χ3v) is 3.84. The van der Waals surface area contributed by atoms with Crippen LogP contribution in [0.2, 0.25) is 0 Å². The fourth-order valence-electron chi connectivity index (χ4n) is 2.59. The van der Waals surface area contributed by atoms with Gasteiger partial charge in [0.15, 0.2) is 0 Å². The quantitative estimate of drug-likeness (QED) is 0.886. The highest BCUT2D eigenvalue weighted by Crippen LogP contribution is 2.29. The van der Waals surface area contributed by atoms with Gasteiger partial charge in [0.25, 0.3) is 5.91 Å². The van der Waals surface area contributed by atoms with Gasteiger partial charge in [-0.3, -0.25) is 4.79 Å². The molecule has 6 nitrogen and oxygen atoms in total. The lowest BCUT2D eigenvalue weighted by atomic mass is 9.92. The van der Waals surface area contributed by atoms with Crippen LogP contribution in [0, 0.1) is 5.92 Å². The molecule has 2 atom stereocenters. The molecule has 2 unspecified atom stereocenters. The Morgan fingerprint density at radius 3 is 2.71 bits per heavy atom. The number of piperidine rings is 1. The number of aliphatic carboxylic acids is 1. The summed E-state index contributed by atoms with van der Waals surface area (Å²) in [6.45, 7) is 2.34. The Hall–Kier alpha value is -2.24. The molecule has 0 bridgehead atoms. The van der Waals surface area contributed by atoms with Crippen molar-refractivity contribution in [3.63, 3.8) is 0 Å². The van der Waals surface area contributed by atoms with Gasteiger partial charge in [0, 0.05) is 6.54 Å². The van der Waals surface area contributed by atoms with Crippen LogP contribution in [0.4, 0.5) is 0 Å². The number of carboxylic acids is 1. The maximum absolute atomic E-state index is 12.6. The molecule has 2 N–H and O–H groups in total. The van der Waals surface area contributed by atoms with Crippen molar-refractivity contribution in [3.8, 4) is 11.5 Å². The van der Waals surface area contributed by atoms with Gasteiger partial charge in [-0.2, -0.15) is 0 Å². The number of amides is 1. The van der Waals surface area contributed by atoms with E-state index in [4.69, 9.17) is 4.74 Å². The highest BCUT2D eigenvalue weighted by atomic mass is 16.5. The second-order valence-corrected chi connectivity index (χ2v) is 5.37. The molecule has 1 heterocycles. The average Bonchev–Trinajstić information content (AvgIpc) is 2.47. The molecular formula is C15H19NO5. The minimum Gasteiger partial charge on any atom is -0.507 e. The summed E-state index contributed by atoms with van der Waals surface area (Å²) in [5.74, 6) is -0.978. The molecule has 6 heteroatoms. The number of aromatic hydroxyl groups is 1. The van der Waals surface area contributed by atoms with Gasteiger partial charge < -0.3 is 19.8 Å². The molecule has 1 fully saturated rings. The van der Waals surface area contributed by atoms with Gasteiger partial charge in [-0.05, 0) is 37.0 Å². The van der Waals surface area contributed by atoms with Crippen molar-refractivity contribution in [3.05, 3.63) is 23.8 Å². The maximum atomic E-state index is 12.6. The van der Waals surface area contributed by atoms with E-state index in [0.717, 1.165) is 6.42 Å². The Labute approximate surface area is 122 Å². The molecular weight excluding hydrogens is 274 g/mol. The lowest BCUT2D eigenvalue weighted by Crippen LogP contribution is -2.49. The van der Waals surface area contributed by atoms with E-state index in [9.17, 15) is 19.8 Å². The zero-order valence-electron chi connectivity index (χ0n) is 12.1. The van der Waals surface area contributed by atoms with Gasteiger partial charge in [0.05, 0.1) is 12.7 Å². The van der Waals surface area contributed by atoms with E-state index >= 15 is 0 Å². The lowest BCUT2D eigenvalue weighted by Gasteiger charge is -2.36. The standard InChI is InChI=1S/C15H19NO5/c1-9-5-6-16(12(7-9)15(19)20)14(18)11-8-10(21-2)3-4-13(11)17/h3-4,8-9,12,17H,5-7H2,1-2H3,(H,19,20). The van der Waals surface area contributed by atoms with Crippen LogP contribution >= 0.6 is 0 Å². The van der Waals surface area contributed by atoms with Gasteiger partial charge in [-0.1, -0.05) is 6.92 Å². The number of hydrogen-bond donors (Lipinski definition) is 2. The molecule has 1 aromatic carbocycles. The number of carbonyl (C=O) groups excluding carboxylic acids is 1. The zero-order valence-corrected chi connectivity index (χ0v) is 12.1. The van der Waals surface area contributed by atoms with Crippen LogP contribution in [0.5, 0.6) is 11.5 Å². The summed E-state index contributed by atoms with van der Waals surface area (Å²) in [7, 11) is 1.46. The molecule has 0 radical (unpaired) electrons. The number of ether oxygens (including phenoxy) is 1. The molecule has 114 valence electrons. The van der Waals surface area contributed by atoms with Crippen LogP contribution in [-0.4, -0.2) is 46.7 Å². The molecule has 1 aliphatic heterocycles. The number of likely N-dealkylation sites (tertiary alicyclic amines) is 1. The second kappa shape index (κ2) is 6.03. The molecule has 1 amide bonds. The molecule has 2 rings (SSSR count). The normalized spacial score (nSPS) is 21.9. The van der Waals surface area contributed by atoms with E-state index in [1.165, 1.54) is 24.1 Å². The summed E-state index contributed by atoms with van der Waals surface area (Å²) in [4.78, 5) is 25.2. The van der Waals surface area contributed by atoms with Crippen LogP contribution in [0.3, 0.4) is 0 Å². The number of carbonyl (C=O) groups is 2. The van der Waals surface area contributed by atoms with Gasteiger partial charge in [-0.25, -0.2) is 4.79 Å². The Kier molecular flexibility index (Phi) is 4.35. The number of methoxy groups -OCH3 is 1. The largest absolute Gasteiger partial charge is 0.507 e. The molecule has 0 spiro atoms. The predicted molar refractivity (Wildman–Crippen MR) is 75.5 cm³/mol. The Bertz CT molecular complexity index is 557. The maximum Gasteiger partial charge on any atom is 0.326 e. The number of hydrogen-bond acceptors (Lipinski definition) is 4. The first-order valence-corrected chi connectivity index (χ1v) is 6.84. The van der Waals surface area contributed by atoms with Gasteiger partial charge in [-0.15, -0.1) is 0 Å². The van der Waals surface area contributed by atoms with E-state index in [-0.39, 0.29) is 17.2 Å². The molecule has 0 aromatic heterocycles. The second-order valence-electron chi connectivity index (χ2n) is 5.37. The summed E-state index contributed by atoms with van der Waals surface area (Å²) in [6.07, 6.45) is 1.17. The van der Waals surface area contributed by atoms with Crippen LogP contribution in [0.25, 0.3) is 0 Å². The molecule has 0 saturated carbocycles. The molecule has 21 heavy (non-hydrogen) atoms. The summed E-state index contributed by atoms with van der Waals surface area (Å²) >= 11 is 0. The summed E-state index contributed by atoms with van der Waals surface area (Å²) in [5.41, 5.74) is 0.0650. The molecule has 1 saturated heterocycles. The van der Waals surface area contributed by atoms with Crippen molar-refractivity contribution in [2.24, 2.45) is 5.92 Å². The fourth-order valence-corrected chi connectivity index (χ4v) is 2.59. The monoisotopic (exact) mass is 293 g/mol. The first-order valence-electron chi connectivity index (χ1n) is 6.84. The van der Waals surface area contributed by atoms with Crippen LogP contribution in [-0.2, 0) is 4.79 Å². The molecule has 1 aromatic rings. The highest BCUT2D eigenvalue weighted by molar-refractivity contribution is 5.99. The predicted octanol–water partition coefficient (Wildman–Crippen LogP) is 1.73. The summed E-state index contributed by atoms with van der Waals surface area (Å²) in [6, 6.07) is 3.48. The number of carboxylic acid groups (broad SMARTS) is 1. The minimum absolute atomic E-state index is 0.0650. The molecule has 1 aliphatic rings. The van der Waals surface area contributed by atoms with Crippen molar-refractivity contribution in [1.29, 1.82) is 0 Å². The smallest absolute Gasteiger partial charge is 0.326 e. The van der Waals surface area contributed by atoms with E-state index in [2.05, 4.69) is 0 Å². The first-order chi connectivity index (χ1) is 9.93. The van der Waals surface area contributed by atoms with Crippen LogP contribution < -0.4 is 4.74 Å². The van der Waals surface area contributed by atoms with Crippen molar-refractivity contribution < 1.29 is 24.5 Å². The summed E-state index contributed by atoms with van der Waals surface area (Å²) < 4.78 is 5.04. The third-order valence-electron chi connectivity index (χ3n) is 3.84. The van der Waals surface area contributed by atoms with Crippen molar-refractivity contribution in [2.75, 3.05) is 13.7 Å². The van der Waals surface area contributed by atoms with Crippen molar-refractivity contribution in [1.82, 2.24) is 4.90 Å². The van der Waals surface area contributed by atoms with Crippen molar-refractivity contribution >= 4 is 11.9 Å². The summed E-state index contributed by atoms with van der Waals surface area (Å²) in [5, 5.41) is 19.2. The Balaban J connectivity index is 2.31. The average molecular weight is 293 g/mol. The first kappa shape index (κ1) is 15.2.